The molecule has 6 heteroatoms. The van der Waals surface area contributed by atoms with Crippen LogP contribution in [0, 0.1) is 20.8 Å². The molecule has 0 saturated carbocycles. The molecular weight excluding hydrogens is 282 g/mol. The average Bonchev–Trinajstić information content (AvgIpc) is 2.27. The molecule has 0 unspecified atom stereocenters. The highest BCUT2D eigenvalue weighted by molar-refractivity contribution is 7.98. The second-order valence-electron chi connectivity index (χ2n) is 4.23. The monoisotopic (exact) mass is 297 g/mol. The van der Waals surface area contributed by atoms with Crippen molar-refractivity contribution < 1.29 is 0 Å². The molecule has 0 fully saturated rings. The molecule has 2 heterocycles. The largest absolute Gasteiger partial charge is 0.301 e. The van der Waals surface area contributed by atoms with Crippen LogP contribution in [0.1, 0.15) is 22.4 Å². The molecule has 1 N–H and O–H groups in total. The van der Waals surface area contributed by atoms with Crippen molar-refractivity contribution >= 4 is 24.2 Å². The number of aromatic amines is 1. The molecule has 0 aliphatic carbocycles. The van der Waals surface area contributed by atoms with Gasteiger partial charge in [-0.25, -0.2) is 4.98 Å². The van der Waals surface area contributed by atoms with Gasteiger partial charge in [0.2, 0.25) is 0 Å². The molecule has 0 amide bonds. The molecule has 0 radical (unpaired) electrons. The predicted molar refractivity (Wildman–Crippen MR) is 80.1 cm³/mol. The Morgan fingerprint density at radius 1 is 1.21 bits per heavy atom. The minimum absolute atomic E-state index is 0. The van der Waals surface area contributed by atoms with Gasteiger partial charge in [-0.3, -0.25) is 9.78 Å². The van der Waals surface area contributed by atoms with E-state index in [0.29, 0.717) is 5.16 Å². The lowest BCUT2D eigenvalue weighted by Gasteiger charge is -2.08. The minimum Gasteiger partial charge on any atom is -0.301 e. The number of aryl methyl sites for hydroxylation is 3. The first-order chi connectivity index (χ1) is 8.56. The molecule has 2 aromatic rings. The fourth-order valence-electron chi connectivity index (χ4n) is 1.72. The molecule has 4 nitrogen and oxygen atoms in total. The van der Waals surface area contributed by atoms with Gasteiger partial charge in [0, 0.05) is 29.9 Å². The summed E-state index contributed by atoms with van der Waals surface area (Å²) in [6.07, 6.45) is 3.71. The maximum Gasteiger partial charge on any atom is 0.251 e. The second kappa shape index (κ2) is 6.73. The van der Waals surface area contributed by atoms with E-state index < -0.39 is 0 Å². The Kier molecular flexibility index (Phi) is 5.57. The van der Waals surface area contributed by atoms with E-state index in [1.807, 2.05) is 33.2 Å². The Bertz CT molecular complexity index is 607. The summed E-state index contributed by atoms with van der Waals surface area (Å²) in [4.78, 5) is 22.5. The molecule has 102 valence electrons. The van der Waals surface area contributed by atoms with E-state index in [2.05, 4.69) is 15.0 Å². The third-order valence-electron chi connectivity index (χ3n) is 2.69. The zero-order chi connectivity index (χ0) is 13.1. The first-order valence-electron chi connectivity index (χ1n) is 5.67. The third kappa shape index (κ3) is 4.08. The zero-order valence-corrected chi connectivity index (χ0v) is 12.7. The van der Waals surface area contributed by atoms with Crippen molar-refractivity contribution in [3.05, 3.63) is 51.2 Å². The lowest BCUT2D eigenvalue weighted by atomic mass is 10.1. The summed E-state index contributed by atoms with van der Waals surface area (Å²) in [5.41, 5.74) is 4.21. The van der Waals surface area contributed by atoms with Crippen LogP contribution < -0.4 is 5.56 Å². The first kappa shape index (κ1) is 15.7. The SMILES string of the molecule is Cc1cc(=O)[nH]c(SCc2c(C)cncc2C)n1.Cl. The van der Waals surface area contributed by atoms with Crippen LogP contribution in [0.5, 0.6) is 0 Å². The van der Waals surface area contributed by atoms with Gasteiger partial charge >= 0.3 is 0 Å². The smallest absolute Gasteiger partial charge is 0.251 e. The summed E-state index contributed by atoms with van der Waals surface area (Å²) >= 11 is 1.54. The molecule has 0 bridgehead atoms. The molecule has 0 aromatic carbocycles. The van der Waals surface area contributed by atoms with Crippen molar-refractivity contribution in [2.45, 2.75) is 31.7 Å². The summed E-state index contributed by atoms with van der Waals surface area (Å²) in [7, 11) is 0. The highest BCUT2D eigenvalue weighted by atomic mass is 35.5. The van der Waals surface area contributed by atoms with Gasteiger partial charge in [0.1, 0.15) is 0 Å². The van der Waals surface area contributed by atoms with E-state index in [0.717, 1.165) is 22.6 Å². The van der Waals surface area contributed by atoms with Crippen molar-refractivity contribution in [3.8, 4) is 0 Å². The van der Waals surface area contributed by atoms with Gasteiger partial charge in [-0.2, -0.15) is 0 Å². The molecule has 2 aromatic heterocycles. The Hall–Kier alpha value is -1.33. The predicted octanol–water partition coefficient (Wildman–Crippen LogP) is 2.80. The number of H-pyrrole nitrogens is 1. The Labute approximate surface area is 122 Å². The topological polar surface area (TPSA) is 58.6 Å². The van der Waals surface area contributed by atoms with Gasteiger partial charge in [-0.1, -0.05) is 11.8 Å². The number of halogens is 1. The number of rotatable bonds is 3. The number of hydrogen-bond acceptors (Lipinski definition) is 4. The highest BCUT2D eigenvalue weighted by Crippen LogP contribution is 2.22. The lowest BCUT2D eigenvalue weighted by Crippen LogP contribution is -2.08. The number of aromatic nitrogens is 3. The van der Waals surface area contributed by atoms with Crippen LogP contribution in [0.25, 0.3) is 0 Å². The molecule has 0 saturated heterocycles. The van der Waals surface area contributed by atoms with Crippen LogP contribution in [0.2, 0.25) is 0 Å². The number of nitrogens with one attached hydrogen (secondary N) is 1. The maximum absolute atomic E-state index is 11.3. The summed E-state index contributed by atoms with van der Waals surface area (Å²) in [5.74, 6) is 0.784. The molecule has 0 aliphatic rings. The van der Waals surface area contributed by atoms with Crippen molar-refractivity contribution in [2.24, 2.45) is 0 Å². The van der Waals surface area contributed by atoms with E-state index in [4.69, 9.17) is 0 Å². The quantitative estimate of drug-likeness (QED) is 0.699. The average molecular weight is 298 g/mol. The van der Waals surface area contributed by atoms with Gasteiger partial charge in [-0.05, 0) is 37.5 Å². The van der Waals surface area contributed by atoms with Crippen LogP contribution in [-0.2, 0) is 5.75 Å². The van der Waals surface area contributed by atoms with Gasteiger partial charge < -0.3 is 4.98 Å². The van der Waals surface area contributed by atoms with Crippen LogP contribution in [0.15, 0.2) is 28.4 Å². The fourth-order valence-corrected chi connectivity index (χ4v) is 2.83. The summed E-state index contributed by atoms with van der Waals surface area (Å²) < 4.78 is 0. The normalized spacial score (nSPS) is 10.1. The Morgan fingerprint density at radius 3 is 2.42 bits per heavy atom. The summed E-state index contributed by atoms with van der Waals surface area (Å²) in [6, 6.07) is 1.49. The van der Waals surface area contributed by atoms with Crippen LogP contribution in [-0.4, -0.2) is 15.0 Å². The minimum atomic E-state index is -0.104. The van der Waals surface area contributed by atoms with Gasteiger partial charge in [0.15, 0.2) is 5.16 Å². The summed E-state index contributed by atoms with van der Waals surface area (Å²) in [5, 5.41) is 0.663. The standard InChI is InChI=1S/C13H15N3OS.ClH/c1-8-5-14-6-9(2)11(8)7-18-13-15-10(3)4-12(17)16-13;/h4-6H,7H2,1-3H3,(H,15,16,17);1H. The van der Waals surface area contributed by atoms with Crippen LogP contribution in [0.4, 0.5) is 0 Å². The first-order valence-corrected chi connectivity index (χ1v) is 6.65. The van der Waals surface area contributed by atoms with E-state index in [-0.39, 0.29) is 18.0 Å². The van der Waals surface area contributed by atoms with E-state index >= 15 is 0 Å². The lowest BCUT2D eigenvalue weighted by molar-refractivity contribution is 0.904. The molecule has 19 heavy (non-hydrogen) atoms. The molecule has 0 aliphatic heterocycles. The van der Waals surface area contributed by atoms with E-state index in [1.165, 1.54) is 23.4 Å². The third-order valence-corrected chi connectivity index (χ3v) is 3.59. The zero-order valence-electron chi connectivity index (χ0n) is 11.1. The van der Waals surface area contributed by atoms with E-state index in [1.54, 1.807) is 0 Å². The molecule has 2 rings (SSSR count). The van der Waals surface area contributed by atoms with Crippen LogP contribution in [0.3, 0.4) is 0 Å². The highest BCUT2D eigenvalue weighted by Gasteiger charge is 2.05. The van der Waals surface area contributed by atoms with Crippen molar-refractivity contribution in [1.29, 1.82) is 0 Å². The van der Waals surface area contributed by atoms with Crippen LogP contribution >= 0.6 is 24.2 Å². The second-order valence-corrected chi connectivity index (χ2v) is 5.20. The Balaban J connectivity index is 0.00000180. The van der Waals surface area contributed by atoms with Crippen molar-refractivity contribution in [1.82, 2.24) is 15.0 Å². The molecule has 0 spiro atoms. The Morgan fingerprint density at radius 2 is 1.84 bits per heavy atom. The number of nitrogens with zero attached hydrogens (tertiary/aromatic N) is 2. The fraction of sp³-hybridized carbons (Fsp3) is 0.308. The van der Waals surface area contributed by atoms with Crippen molar-refractivity contribution in [2.75, 3.05) is 0 Å². The molecular formula is C13H16ClN3OS. The van der Waals surface area contributed by atoms with E-state index in [9.17, 15) is 4.79 Å². The maximum atomic E-state index is 11.3. The summed E-state index contributed by atoms with van der Waals surface area (Å²) in [6.45, 7) is 5.91. The molecule has 0 atom stereocenters. The number of pyridine rings is 1. The van der Waals surface area contributed by atoms with Gasteiger partial charge in [0.25, 0.3) is 5.56 Å². The number of hydrogen-bond donors (Lipinski definition) is 1. The van der Waals surface area contributed by atoms with Gasteiger partial charge in [-0.15, -0.1) is 12.4 Å². The van der Waals surface area contributed by atoms with Crippen molar-refractivity contribution in [3.63, 3.8) is 0 Å². The van der Waals surface area contributed by atoms with Gasteiger partial charge in [0.05, 0.1) is 0 Å². The number of thioether (sulfide) groups is 1.